The number of carbonyl (C=O) groups excluding carboxylic acids is 2. The van der Waals surface area contributed by atoms with Crippen molar-refractivity contribution in [1.82, 2.24) is 19.6 Å². The third-order valence-electron chi connectivity index (χ3n) is 2.95. The van der Waals surface area contributed by atoms with E-state index >= 15 is 0 Å². The second-order valence-corrected chi connectivity index (χ2v) is 4.37. The van der Waals surface area contributed by atoms with Crippen molar-refractivity contribution in [3.05, 3.63) is 22.8 Å². The lowest BCUT2D eigenvalue weighted by Gasteiger charge is -2.08. The van der Waals surface area contributed by atoms with Gasteiger partial charge in [0, 0.05) is 0 Å². The van der Waals surface area contributed by atoms with Crippen LogP contribution >= 0.6 is 0 Å². The average Bonchev–Trinajstić information content (AvgIpc) is 2.81. The van der Waals surface area contributed by atoms with Crippen LogP contribution < -0.4 is 0 Å². The number of aryl methyl sites for hydroxylation is 2. The number of esters is 2. The van der Waals surface area contributed by atoms with Crippen LogP contribution in [0.3, 0.4) is 0 Å². The smallest absolute Gasteiger partial charge is 0.341 e. The predicted octanol–water partition coefficient (Wildman–Crippen LogP) is 0.633. The predicted molar refractivity (Wildman–Crippen MR) is 71.9 cm³/mol. The van der Waals surface area contributed by atoms with Crippen molar-refractivity contribution in [2.75, 3.05) is 13.7 Å². The number of rotatable bonds is 4. The summed E-state index contributed by atoms with van der Waals surface area (Å²) in [6.07, 6.45) is -0.0485. The molecule has 2 rings (SSSR count). The maximum absolute atomic E-state index is 12.0. The molecule has 0 atom stereocenters. The molecule has 0 bridgehead atoms. The van der Waals surface area contributed by atoms with E-state index in [0.717, 1.165) is 0 Å². The summed E-state index contributed by atoms with van der Waals surface area (Å²) >= 11 is 0. The Morgan fingerprint density at radius 1 is 1.24 bits per heavy atom. The maximum Gasteiger partial charge on any atom is 0.341 e. The van der Waals surface area contributed by atoms with Gasteiger partial charge in [-0.1, -0.05) is 0 Å². The van der Waals surface area contributed by atoms with Crippen LogP contribution in [-0.2, 0) is 20.7 Å². The van der Waals surface area contributed by atoms with E-state index in [0.29, 0.717) is 22.7 Å². The van der Waals surface area contributed by atoms with E-state index in [1.165, 1.54) is 11.6 Å². The number of methoxy groups -OCH3 is 1. The van der Waals surface area contributed by atoms with Crippen LogP contribution in [0, 0.1) is 13.8 Å². The normalized spacial score (nSPS) is 10.7. The van der Waals surface area contributed by atoms with Gasteiger partial charge in [-0.15, -0.1) is 5.10 Å². The Morgan fingerprint density at radius 3 is 2.57 bits per heavy atom. The zero-order chi connectivity index (χ0) is 15.6. The van der Waals surface area contributed by atoms with Gasteiger partial charge in [0.15, 0.2) is 5.82 Å². The second-order valence-electron chi connectivity index (χ2n) is 4.37. The number of ether oxygens (including phenoxy) is 2. The first-order valence-electron chi connectivity index (χ1n) is 6.44. The summed E-state index contributed by atoms with van der Waals surface area (Å²) in [5.74, 6) is -0.271. The third-order valence-corrected chi connectivity index (χ3v) is 2.95. The minimum atomic E-state index is -0.452. The molecule has 0 fully saturated rings. The molecule has 0 radical (unpaired) electrons. The molecule has 0 aliphatic heterocycles. The SMILES string of the molecule is CCOC(=O)c1c(C)nc2nc(CC(=O)OC)nn2c1C. The van der Waals surface area contributed by atoms with E-state index < -0.39 is 11.9 Å². The Morgan fingerprint density at radius 2 is 1.95 bits per heavy atom. The molecule has 2 aromatic rings. The van der Waals surface area contributed by atoms with E-state index in [9.17, 15) is 9.59 Å². The van der Waals surface area contributed by atoms with Gasteiger partial charge in [-0.3, -0.25) is 4.79 Å². The molecule has 0 aliphatic carbocycles. The van der Waals surface area contributed by atoms with Crippen molar-refractivity contribution < 1.29 is 19.1 Å². The summed E-state index contributed by atoms with van der Waals surface area (Å²) in [6.45, 7) is 5.44. The highest BCUT2D eigenvalue weighted by Gasteiger charge is 2.20. The van der Waals surface area contributed by atoms with Gasteiger partial charge in [-0.25, -0.2) is 14.3 Å². The highest BCUT2D eigenvalue weighted by molar-refractivity contribution is 5.92. The zero-order valence-electron chi connectivity index (χ0n) is 12.3. The maximum atomic E-state index is 12.0. The largest absolute Gasteiger partial charge is 0.469 e. The van der Waals surface area contributed by atoms with Gasteiger partial charge in [-0.2, -0.15) is 4.98 Å². The number of fused-ring (bicyclic) bond motifs is 1. The number of nitrogens with zero attached hydrogens (tertiary/aromatic N) is 4. The molecule has 0 aromatic carbocycles. The summed E-state index contributed by atoms with van der Waals surface area (Å²) in [4.78, 5) is 31.6. The molecule has 2 aromatic heterocycles. The van der Waals surface area contributed by atoms with Gasteiger partial charge in [0.25, 0.3) is 5.78 Å². The van der Waals surface area contributed by atoms with Crippen LogP contribution in [0.15, 0.2) is 0 Å². The number of hydrogen-bond acceptors (Lipinski definition) is 7. The third kappa shape index (κ3) is 2.83. The molecule has 0 amide bonds. The lowest BCUT2D eigenvalue weighted by molar-refractivity contribution is -0.139. The lowest BCUT2D eigenvalue weighted by atomic mass is 10.2. The standard InChI is InChI=1S/C13H16N4O4/c1-5-21-12(19)11-7(2)14-13-15-9(6-10(18)20-4)16-17(13)8(11)3/h5-6H2,1-4H3. The molecule has 0 spiro atoms. The van der Waals surface area contributed by atoms with Gasteiger partial charge in [0.2, 0.25) is 0 Å². The van der Waals surface area contributed by atoms with Crippen molar-refractivity contribution >= 4 is 17.7 Å². The average molecular weight is 292 g/mol. The summed E-state index contributed by atoms with van der Waals surface area (Å²) in [7, 11) is 1.30. The second kappa shape index (κ2) is 5.86. The van der Waals surface area contributed by atoms with Crippen LogP contribution in [0.1, 0.15) is 34.5 Å². The van der Waals surface area contributed by atoms with E-state index in [2.05, 4.69) is 19.8 Å². The molecule has 0 aliphatic rings. The van der Waals surface area contributed by atoms with Gasteiger partial charge in [0.1, 0.15) is 12.0 Å². The molecule has 8 heteroatoms. The fourth-order valence-corrected chi connectivity index (χ4v) is 1.99. The minimum absolute atomic E-state index is 0.0485. The molecular weight excluding hydrogens is 276 g/mol. The molecule has 21 heavy (non-hydrogen) atoms. The van der Waals surface area contributed by atoms with Crippen LogP contribution in [-0.4, -0.2) is 45.2 Å². The van der Waals surface area contributed by atoms with Crippen molar-refractivity contribution in [3.63, 3.8) is 0 Å². The van der Waals surface area contributed by atoms with Crippen LogP contribution in [0.4, 0.5) is 0 Å². The Bertz CT molecular complexity index is 708. The Labute approximate surface area is 121 Å². The minimum Gasteiger partial charge on any atom is -0.469 e. The van der Waals surface area contributed by atoms with Crippen LogP contribution in [0.25, 0.3) is 5.78 Å². The van der Waals surface area contributed by atoms with Gasteiger partial charge in [-0.05, 0) is 20.8 Å². The Kier molecular flexibility index (Phi) is 4.15. The van der Waals surface area contributed by atoms with Crippen LogP contribution in [0.5, 0.6) is 0 Å². The molecule has 0 saturated heterocycles. The fourth-order valence-electron chi connectivity index (χ4n) is 1.99. The topological polar surface area (TPSA) is 95.7 Å². The quantitative estimate of drug-likeness (QED) is 0.763. The van der Waals surface area contributed by atoms with Crippen LogP contribution in [0.2, 0.25) is 0 Å². The first-order valence-corrected chi connectivity index (χ1v) is 6.44. The lowest BCUT2D eigenvalue weighted by Crippen LogP contribution is -2.14. The van der Waals surface area contributed by atoms with Crippen molar-refractivity contribution in [1.29, 1.82) is 0 Å². The summed E-state index contributed by atoms with van der Waals surface area (Å²) in [6, 6.07) is 0. The zero-order valence-corrected chi connectivity index (χ0v) is 12.3. The van der Waals surface area contributed by atoms with E-state index in [1.54, 1.807) is 20.8 Å². The van der Waals surface area contributed by atoms with Crippen molar-refractivity contribution in [2.24, 2.45) is 0 Å². The van der Waals surface area contributed by atoms with E-state index in [1.807, 2.05) is 0 Å². The number of aromatic nitrogens is 4. The van der Waals surface area contributed by atoms with Gasteiger partial charge >= 0.3 is 11.9 Å². The summed E-state index contributed by atoms with van der Waals surface area (Å²) < 4.78 is 11.0. The van der Waals surface area contributed by atoms with Crippen molar-refractivity contribution in [3.8, 4) is 0 Å². The van der Waals surface area contributed by atoms with Gasteiger partial charge < -0.3 is 9.47 Å². The Hall–Kier alpha value is -2.51. The van der Waals surface area contributed by atoms with Crippen molar-refractivity contribution in [2.45, 2.75) is 27.2 Å². The fraction of sp³-hybridized carbons (Fsp3) is 0.462. The first kappa shape index (κ1) is 14.9. The summed E-state index contributed by atoms with van der Waals surface area (Å²) in [5.41, 5.74) is 1.44. The molecular formula is C13H16N4O4. The number of hydrogen-bond donors (Lipinski definition) is 0. The highest BCUT2D eigenvalue weighted by Crippen LogP contribution is 2.15. The molecule has 0 N–H and O–H groups in total. The molecule has 8 nitrogen and oxygen atoms in total. The molecule has 112 valence electrons. The molecule has 0 unspecified atom stereocenters. The first-order chi connectivity index (χ1) is 9.97. The van der Waals surface area contributed by atoms with E-state index in [-0.39, 0.29) is 18.9 Å². The van der Waals surface area contributed by atoms with E-state index in [4.69, 9.17) is 4.74 Å². The Balaban J connectivity index is 2.50. The molecule has 2 heterocycles. The summed E-state index contributed by atoms with van der Waals surface area (Å²) in [5, 5.41) is 4.18. The monoisotopic (exact) mass is 292 g/mol. The molecule has 0 saturated carbocycles. The van der Waals surface area contributed by atoms with Gasteiger partial charge in [0.05, 0.1) is 25.1 Å². The number of carbonyl (C=O) groups is 2. The highest BCUT2D eigenvalue weighted by atomic mass is 16.5.